The van der Waals surface area contributed by atoms with E-state index in [1.165, 1.54) is 6.07 Å². The Labute approximate surface area is 205 Å². The van der Waals surface area contributed by atoms with E-state index in [1.807, 2.05) is 0 Å². The van der Waals surface area contributed by atoms with Crippen LogP contribution in [0.5, 0.6) is 0 Å². The fraction of sp³-hybridized carbons (Fsp3) is 0.577. The molecule has 0 amide bonds. The van der Waals surface area contributed by atoms with Gasteiger partial charge in [-0.2, -0.15) is 0 Å². The summed E-state index contributed by atoms with van der Waals surface area (Å²) in [4.78, 5) is 4.20. The van der Waals surface area contributed by atoms with Crippen molar-refractivity contribution < 1.29 is 23.4 Å². The van der Waals surface area contributed by atoms with E-state index in [0.29, 0.717) is 56.8 Å². The molecule has 7 nitrogen and oxygen atoms in total. The monoisotopic (exact) mass is 490 g/mol. The molecular formula is C26H36F2N4O3. The maximum Gasteiger partial charge on any atom is 0.149 e. The van der Waals surface area contributed by atoms with Crippen molar-refractivity contribution in [3.05, 3.63) is 42.1 Å². The standard InChI is InChI=1S/C26H36F2N4O3/c1-34-13-10-29-18-2-4-19(5-3-18)32-25-15-22(24(28)16-30-25)21-14-20(6-7-23(21)27)31-17-26(33)8-11-35-12-9-26/h6-7,14-16,18-19,29,31,33H,2-5,8-13,17H2,1H3,(H,30,32). The number of benzene rings is 1. The Kier molecular flexibility index (Phi) is 8.89. The van der Waals surface area contributed by atoms with Gasteiger partial charge in [0.05, 0.1) is 18.4 Å². The molecular weight excluding hydrogens is 454 g/mol. The van der Waals surface area contributed by atoms with Gasteiger partial charge in [-0.25, -0.2) is 13.8 Å². The summed E-state index contributed by atoms with van der Waals surface area (Å²) in [6, 6.07) is 6.78. The number of hydrogen-bond acceptors (Lipinski definition) is 7. The van der Waals surface area contributed by atoms with E-state index in [0.717, 1.165) is 38.4 Å². The summed E-state index contributed by atoms with van der Waals surface area (Å²) in [5, 5.41) is 20.8. The van der Waals surface area contributed by atoms with Crippen LogP contribution in [0.1, 0.15) is 38.5 Å². The number of nitrogens with zero attached hydrogens (tertiary/aromatic N) is 1. The lowest BCUT2D eigenvalue weighted by atomic mass is 9.91. The van der Waals surface area contributed by atoms with Gasteiger partial charge in [0.2, 0.25) is 0 Å². The van der Waals surface area contributed by atoms with E-state index < -0.39 is 17.2 Å². The Hall–Kier alpha value is -2.33. The molecule has 4 N–H and O–H groups in total. The molecule has 9 heteroatoms. The summed E-state index contributed by atoms with van der Waals surface area (Å²) < 4.78 is 39.9. The molecule has 35 heavy (non-hydrogen) atoms. The Morgan fingerprint density at radius 2 is 1.77 bits per heavy atom. The summed E-state index contributed by atoms with van der Waals surface area (Å²) in [6.07, 6.45) is 6.23. The summed E-state index contributed by atoms with van der Waals surface area (Å²) in [7, 11) is 1.70. The fourth-order valence-corrected chi connectivity index (χ4v) is 4.78. The highest BCUT2D eigenvalue weighted by Crippen LogP contribution is 2.31. The molecule has 0 unspecified atom stereocenters. The van der Waals surface area contributed by atoms with Crippen LogP contribution in [0.2, 0.25) is 0 Å². The lowest BCUT2D eigenvalue weighted by Gasteiger charge is -2.32. The molecule has 0 radical (unpaired) electrons. The highest BCUT2D eigenvalue weighted by molar-refractivity contribution is 5.71. The summed E-state index contributed by atoms with van der Waals surface area (Å²) in [5.41, 5.74) is 0.0575. The first-order valence-electron chi connectivity index (χ1n) is 12.4. The van der Waals surface area contributed by atoms with Crippen molar-refractivity contribution in [3.63, 3.8) is 0 Å². The molecule has 2 heterocycles. The van der Waals surface area contributed by atoms with Gasteiger partial charge in [0.1, 0.15) is 17.5 Å². The average molecular weight is 491 g/mol. The summed E-state index contributed by atoms with van der Waals surface area (Å²) in [5.74, 6) is -0.564. The first-order chi connectivity index (χ1) is 17.0. The number of aromatic nitrogens is 1. The van der Waals surface area contributed by atoms with Crippen LogP contribution in [0, 0.1) is 11.6 Å². The van der Waals surface area contributed by atoms with Gasteiger partial charge in [-0.1, -0.05) is 0 Å². The summed E-state index contributed by atoms with van der Waals surface area (Å²) in [6.45, 7) is 2.88. The zero-order chi connectivity index (χ0) is 24.7. The zero-order valence-corrected chi connectivity index (χ0v) is 20.3. The average Bonchev–Trinajstić information content (AvgIpc) is 2.86. The predicted molar refractivity (Wildman–Crippen MR) is 133 cm³/mol. The molecule has 2 fully saturated rings. The first kappa shape index (κ1) is 25.8. The number of nitrogens with one attached hydrogen (secondary N) is 3. The van der Waals surface area contributed by atoms with Gasteiger partial charge < -0.3 is 30.5 Å². The normalized spacial score (nSPS) is 22.1. The molecule has 0 atom stereocenters. The van der Waals surface area contributed by atoms with Gasteiger partial charge >= 0.3 is 0 Å². The minimum absolute atomic E-state index is 0.156. The lowest BCUT2D eigenvalue weighted by molar-refractivity contribution is -0.0543. The third-order valence-electron chi connectivity index (χ3n) is 6.98. The quantitative estimate of drug-likeness (QED) is 0.375. The van der Waals surface area contributed by atoms with Crippen molar-refractivity contribution in [1.82, 2.24) is 10.3 Å². The number of anilines is 2. The maximum atomic E-state index is 14.7. The molecule has 0 bridgehead atoms. The highest BCUT2D eigenvalue weighted by atomic mass is 19.1. The predicted octanol–water partition coefficient (Wildman–Crippen LogP) is 3.94. The molecule has 2 aliphatic rings. The molecule has 1 saturated carbocycles. The Morgan fingerprint density at radius 3 is 2.51 bits per heavy atom. The van der Waals surface area contributed by atoms with Crippen LogP contribution >= 0.6 is 0 Å². The molecule has 4 rings (SSSR count). The SMILES string of the molecule is COCCNC1CCC(Nc2cc(-c3cc(NCC4(O)CCOCC4)ccc3F)c(F)cn2)CC1. The number of methoxy groups -OCH3 is 1. The number of hydrogen-bond donors (Lipinski definition) is 4. The Morgan fingerprint density at radius 1 is 1.06 bits per heavy atom. The third-order valence-corrected chi connectivity index (χ3v) is 6.98. The fourth-order valence-electron chi connectivity index (χ4n) is 4.78. The summed E-state index contributed by atoms with van der Waals surface area (Å²) >= 11 is 0. The molecule has 1 aliphatic carbocycles. The van der Waals surface area contributed by atoms with E-state index in [-0.39, 0.29) is 17.2 Å². The molecule has 1 saturated heterocycles. The number of ether oxygens (including phenoxy) is 2. The van der Waals surface area contributed by atoms with Crippen molar-refractivity contribution in [1.29, 1.82) is 0 Å². The largest absolute Gasteiger partial charge is 0.388 e. The van der Waals surface area contributed by atoms with Crippen LogP contribution in [-0.4, -0.2) is 67.8 Å². The minimum Gasteiger partial charge on any atom is -0.388 e. The second-order valence-corrected chi connectivity index (χ2v) is 9.57. The number of aliphatic hydroxyl groups is 1. The molecule has 192 valence electrons. The van der Waals surface area contributed by atoms with Crippen LogP contribution in [-0.2, 0) is 9.47 Å². The van der Waals surface area contributed by atoms with Gasteiger partial charge in [0.15, 0.2) is 0 Å². The van der Waals surface area contributed by atoms with E-state index in [2.05, 4.69) is 20.9 Å². The highest BCUT2D eigenvalue weighted by Gasteiger charge is 2.29. The molecule has 1 aromatic carbocycles. The van der Waals surface area contributed by atoms with E-state index in [1.54, 1.807) is 25.3 Å². The number of rotatable bonds is 10. The first-order valence-corrected chi connectivity index (χ1v) is 12.4. The van der Waals surface area contributed by atoms with Crippen LogP contribution in [0.25, 0.3) is 11.1 Å². The van der Waals surface area contributed by atoms with Crippen molar-refractivity contribution in [2.24, 2.45) is 0 Å². The molecule has 0 spiro atoms. The lowest BCUT2D eigenvalue weighted by Crippen LogP contribution is -2.42. The van der Waals surface area contributed by atoms with Gasteiger partial charge in [-0.3, -0.25) is 0 Å². The second kappa shape index (κ2) is 12.1. The van der Waals surface area contributed by atoms with Crippen LogP contribution < -0.4 is 16.0 Å². The molecule has 1 aliphatic heterocycles. The number of pyridine rings is 1. The van der Waals surface area contributed by atoms with Crippen LogP contribution in [0.15, 0.2) is 30.5 Å². The Balaban J connectivity index is 1.40. The van der Waals surface area contributed by atoms with E-state index in [4.69, 9.17) is 9.47 Å². The molecule has 2 aromatic rings. The van der Waals surface area contributed by atoms with Crippen LogP contribution in [0.4, 0.5) is 20.3 Å². The maximum absolute atomic E-state index is 14.7. The third kappa shape index (κ3) is 7.10. The van der Waals surface area contributed by atoms with Crippen molar-refractivity contribution in [2.75, 3.05) is 50.7 Å². The Bertz CT molecular complexity index is 964. The van der Waals surface area contributed by atoms with E-state index >= 15 is 0 Å². The second-order valence-electron chi connectivity index (χ2n) is 9.57. The van der Waals surface area contributed by atoms with E-state index in [9.17, 15) is 13.9 Å². The van der Waals surface area contributed by atoms with Gasteiger partial charge in [0, 0.05) is 75.2 Å². The topological polar surface area (TPSA) is 87.7 Å². The van der Waals surface area contributed by atoms with Gasteiger partial charge in [-0.15, -0.1) is 0 Å². The van der Waals surface area contributed by atoms with Crippen molar-refractivity contribution >= 4 is 11.5 Å². The van der Waals surface area contributed by atoms with Crippen molar-refractivity contribution in [3.8, 4) is 11.1 Å². The number of halogens is 2. The van der Waals surface area contributed by atoms with Gasteiger partial charge in [-0.05, 0) is 49.9 Å². The zero-order valence-electron chi connectivity index (χ0n) is 20.3. The van der Waals surface area contributed by atoms with Crippen LogP contribution in [0.3, 0.4) is 0 Å². The van der Waals surface area contributed by atoms with Crippen molar-refractivity contribution in [2.45, 2.75) is 56.2 Å². The smallest absolute Gasteiger partial charge is 0.149 e. The van der Waals surface area contributed by atoms with Gasteiger partial charge in [0.25, 0.3) is 0 Å². The minimum atomic E-state index is -0.871. The molecule has 1 aromatic heterocycles.